The second-order valence-corrected chi connectivity index (χ2v) is 7.17. The van der Waals surface area contributed by atoms with Crippen LogP contribution in [0.2, 0.25) is 0 Å². The van der Waals surface area contributed by atoms with Gasteiger partial charge in [0.2, 0.25) is 11.8 Å². The van der Waals surface area contributed by atoms with Gasteiger partial charge in [-0.05, 0) is 41.1 Å². The molecule has 1 fully saturated rings. The monoisotopic (exact) mass is 372 g/mol. The molecule has 2 atom stereocenters. The second kappa shape index (κ2) is 7.43. The van der Waals surface area contributed by atoms with E-state index in [-0.39, 0.29) is 30.7 Å². The number of carbonyl (C=O) groups excluding carboxylic acids is 2. The van der Waals surface area contributed by atoms with E-state index in [1.165, 1.54) is 11.8 Å². The van der Waals surface area contributed by atoms with Gasteiger partial charge in [0.15, 0.2) is 5.82 Å². The highest BCUT2D eigenvalue weighted by Crippen LogP contribution is 2.23. The molecule has 2 aromatic rings. The Labute approximate surface area is 157 Å². The first-order valence-corrected chi connectivity index (χ1v) is 8.93. The third-order valence-electron chi connectivity index (χ3n) is 4.69. The Balaban J connectivity index is 1.79. The van der Waals surface area contributed by atoms with Crippen LogP contribution in [0, 0.1) is 6.92 Å². The van der Waals surface area contributed by atoms with Crippen molar-refractivity contribution in [3.8, 4) is 5.69 Å². The third-order valence-corrected chi connectivity index (χ3v) is 4.69. The van der Waals surface area contributed by atoms with Crippen LogP contribution in [0.25, 0.3) is 5.69 Å². The molecule has 1 aliphatic rings. The Morgan fingerprint density at radius 3 is 2.70 bits per heavy atom. The van der Waals surface area contributed by atoms with Crippen LogP contribution in [0.1, 0.15) is 44.5 Å². The lowest BCUT2D eigenvalue weighted by Gasteiger charge is -2.22. The van der Waals surface area contributed by atoms with Gasteiger partial charge in [-0.2, -0.15) is 4.68 Å². The van der Waals surface area contributed by atoms with Gasteiger partial charge < -0.3 is 15.3 Å². The summed E-state index contributed by atoms with van der Waals surface area (Å²) < 4.78 is 1.69. The summed E-state index contributed by atoms with van der Waals surface area (Å²) in [6.45, 7) is 7.53. The summed E-state index contributed by atoms with van der Waals surface area (Å²) in [4.78, 5) is 25.7. The number of hydrogen-bond acceptors (Lipinski definition) is 6. The number of β-amino-alcohol motifs (C(OH)–C–C–N with tert-alkyl or cyclic N) is 1. The summed E-state index contributed by atoms with van der Waals surface area (Å²) in [5, 5.41) is 24.5. The van der Waals surface area contributed by atoms with Crippen molar-refractivity contribution in [2.75, 3.05) is 11.9 Å². The molecular weight excluding hydrogens is 348 g/mol. The topological polar surface area (TPSA) is 113 Å². The molecule has 0 aliphatic carbocycles. The quantitative estimate of drug-likeness (QED) is 0.828. The van der Waals surface area contributed by atoms with Gasteiger partial charge in [0.05, 0.1) is 11.8 Å². The van der Waals surface area contributed by atoms with E-state index in [0.717, 1.165) is 17.1 Å². The number of benzene rings is 1. The molecule has 2 heterocycles. The van der Waals surface area contributed by atoms with Crippen LogP contribution >= 0.6 is 0 Å². The molecule has 9 nitrogen and oxygen atoms in total. The summed E-state index contributed by atoms with van der Waals surface area (Å²) in [5.74, 6) is 0.398. The highest BCUT2D eigenvalue weighted by Gasteiger charge is 2.37. The number of aryl methyl sites for hydroxylation is 1. The lowest BCUT2D eigenvalue weighted by atomic mass is 10.1. The van der Waals surface area contributed by atoms with Gasteiger partial charge in [-0.15, -0.1) is 5.10 Å². The fourth-order valence-electron chi connectivity index (χ4n) is 3.33. The molecule has 9 heteroatoms. The number of aliphatic hydroxyl groups is 1. The Bertz CT molecular complexity index is 863. The number of anilines is 1. The van der Waals surface area contributed by atoms with Crippen LogP contribution in [0.5, 0.6) is 0 Å². The first kappa shape index (κ1) is 19.0. The number of tetrazole rings is 1. The summed E-state index contributed by atoms with van der Waals surface area (Å²) in [6, 6.07) is 4.79. The number of hydrogen-bond donors (Lipinski definition) is 2. The number of rotatable bonds is 4. The Morgan fingerprint density at radius 1 is 1.33 bits per heavy atom. The van der Waals surface area contributed by atoms with Crippen molar-refractivity contribution in [1.82, 2.24) is 25.1 Å². The molecular formula is C18H24N6O3. The first-order valence-electron chi connectivity index (χ1n) is 8.93. The molecule has 3 rings (SSSR count). The molecule has 1 aromatic carbocycles. The van der Waals surface area contributed by atoms with Crippen LogP contribution < -0.4 is 5.32 Å². The van der Waals surface area contributed by atoms with E-state index in [1.807, 2.05) is 32.9 Å². The summed E-state index contributed by atoms with van der Waals surface area (Å²) in [6.07, 6.45) is -0.437. The molecule has 0 unspecified atom stereocenters. The highest BCUT2D eigenvalue weighted by atomic mass is 16.3. The van der Waals surface area contributed by atoms with E-state index >= 15 is 0 Å². The average Bonchev–Trinajstić information content (AvgIpc) is 3.21. The zero-order valence-corrected chi connectivity index (χ0v) is 15.9. The maximum atomic E-state index is 12.6. The second-order valence-electron chi connectivity index (χ2n) is 7.17. The predicted octanol–water partition coefficient (Wildman–Crippen LogP) is 1.01. The number of nitrogens with one attached hydrogen (secondary N) is 1. The van der Waals surface area contributed by atoms with E-state index in [0.29, 0.717) is 5.69 Å². The lowest BCUT2D eigenvalue weighted by Crippen LogP contribution is -2.42. The van der Waals surface area contributed by atoms with Crippen molar-refractivity contribution in [3.05, 3.63) is 29.6 Å². The van der Waals surface area contributed by atoms with Gasteiger partial charge >= 0.3 is 0 Å². The van der Waals surface area contributed by atoms with Gasteiger partial charge in [-0.3, -0.25) is 9.59 Å². The molecule has 1 saturated heterocycles. The molecule has 1 aromatic heterocycles. The SMILES string of the molecule is CC(=O)N1C[C@H](O)C[C@@H]1C(=O)Nc1ccc(-n2nnnc2C(C)C)c(C)c1. The predicted molar refractivity (Wildman–Crippen MR) is 98.4 cm³/mol. The summed E-state index contributed by atoms with van der Waals surface area (Å²) in [7, 11) is 0. The van der Waals surface area contributed by atoms with Crippen molar-refractivity contribution in [2.24, 2.45) is 0 Å². The third kappa shape index (κ3) is 3.82. The molecule has 2 N–H and O–H groups in total. The van der Waals surface area contributed by atoms with E-state index in [4.69, 9.17) is 0 Å². The number of aromatic nitrogens is 4. The minimum absolute atomic E-state index is 0.171. The number of carbonyl (C=O) groups is 2. The maximum absolute atomic E-state index is 12.6. The fourth-order valence-corrected chi connectivity index (χ4v) is 3.33. The maximum Gasteiger partial charge on any atom is 0.247 e. The summed E-state index contributed by atoms with van der Waals surface area (Å²) >= 11 is 0. The van der Waals surface area contributed by atoms with Gasteiger partial charge in [0, 0.05) is 31.5 Å². The number of aliphatic hydroxyl groups excluding tert-OH is 1. The van der Waals surface area contributed by atoms with E-state index in [9.17, 15) is 14.7 Å². The smallest absolute Gasteiger partial charge is 0.247 e. The zero-order valence-electron chi connectivity index (χ0n) is 15.9. The number of likely N-dealkylation sites (tertiary alicyclic amines) is 1. The summed E-state index contributed by atoms with van der Waals surface area (Å²) in [5.41, 5.74) is 2.35. The lowest BCUT2D eigenvalue weighted by molar-refractivity contribution is -0.134. The van der Waals surface area contributed by atoms with Crippen LogP contribution in [-0.2, 0) is 9.59 Å². The van der Waals surface area contributed by atoms with Crippen LogP contribution in [-0.4, -0.2) is 60.7 Å². The van der Waals surface area contributed by atoms with Crippen molar-refractivity contribution < 1.29 is 14.7 Å². The molecule has 2 amide bonds. The normalized spacial score (nSPS) is 19.6. The van der Waals surface area contributed by atoms with Crippen molar-refractivity contribution in [2.45, 2.75) is 52.2 Å². The molecule has 144 valence electrons. The van der Waals surface area contributed by atoms with E-state index in [2.05, 4.69) is 20.8 Å². The van der Waals surface area contributed by atoms with Crippen LogP contribution in [0.15, 0.2) is 18.2 Å². The molecule has 0 saturated carbocycles. The molecule has 1 aliphatic heterocycles. The molecule has 0 radical (unpaired) electrons. The minimum atomic E-state index is -0.678. The molecule has 0 spiro atoms. The average molecular weight is 372 g/mol. The van der Waals surface area contributed by atoms with Gasteiger partial charge in [-0.25, -0.2) is 0 Å². The van der Waals surface area contributed by atoms with Crippen LogP contribution in [0.3, 0.4) is 0 Å². The Kier molecular flexibility index (Phi) is 5.22. The van der Waals surface area contributed by atoms with Crippen molar-refractivity contribution >= 4 is 17.5 Å². The largest absolute Gasteiger partial charge is 0.391 e. The van der Waals surface area contributed by atoms with Gasteiger partial charge in [0.25, 0.3) is 0 Å². The minimum Gasteiger partial charge on any atom is -0.391 e. The number of amides is 2. The van der Waals surface area contributed by atoms with Crippen molar-refractivity contribution in [1.29, 1.82) is 0 Å². The van der Waals surface area contributed by atoms with E-state index < -0.39 is 12.1 Å². The standard InChI is InChI=1S/C18H24N6O3/c1-10(2)17-20-21-22-24(17)15-6-5-13(7-11(15)3)19-18(27)16-8-14(26)9-23(16)12(4)25/h5-7,10,14,16,26H,8-9H2,1-4H3,(H,19,27)/t14-,16-/m1/s1. The highest BCUT2D eigenvalue weighted by molar-refractivity contribution is 5.97. The Morgan fingerprint density at radius 2 is 2.07 bits per heavy atom. The zero-order chi connectivity index (χ0) is 19.7. The fraction of sp³-hybridized carbons (Fsp3) is 0.500. The molecule has 27 heavy (non-hydrogen) atoms. The number of nitrogens with zero attached hydrogens (tertiary/aromatic N) is 5. The van der Waals surface area contributed by atoms with Gasteiger partial charge in [-0.1, -0.05) is 13.8 Å². The van der Waals surface area contributed by atoms with Gasteiger partial charge in [0.1, 0.15) is 6.04 Å². The molecule has 0 bridgehead atoms. The van der Waals surface area contributed by atoms with Crippen molar-refractivity contribution in [3.63, 3.8) is 0 Å². The Hall–Kier alpha value is -2.81. The van der Waals surface area contributed by atoms with E-state index in [1.54, 1.807) is 10.7 Å². The first-order chi connectivity index (χ1) is 12.8. The van der Waals surface area contributed by atoms with Crippen LogP contribution in [0.4, 0.5) is 5.69 Å².